The van der Waals surface area contributed by atoms with Crippen molar-refractivity contribution in [3.05, 3.63) is 88.1 Å². The monoisotopic (exact) mass is 533 g/mol. The number of ether oxygens (including phenoxy) is 1. The lowest BCUT2D eigenvalue weighted by Gasteiger charge is -2.24. The Kier molecular flexibility index (Phi) is 7.83. The van der Waals surface area contributed by atoms with E-state index < -0.39 is 28.3 Å². The van der Waals surface area contributed by atoms with Crippen LogP contribution in [-0.2, 0) is 14.8 Å². The number of benzene rings is 3. The van der Waals surface area contributed by atoms with Gasteiger partial charge in [-0.1, -0.05) is 45.8 Å². The minimum atomic E-state index is -4.23. The van der Waals surface area contributed by atoms with Gasteiger partial charge in [0.2, 0.25) is 0 Å². The van der Waals surface area contributed by atoms with Crippen LogP contribution < -0.4 is 14.5 Å². The molecule has 33 heavy (non-hydrogen) atoms. The first-order valence-electron chi connectivity index (χ1n) is 9.72. The molecule has 172 valence electrons. The van der Waals surface area contributed by atoms with Crippen LogP contribution >= 0.6 is 15.9 Å². The summed E-state index contributed by atoms with van der Waals surface area (Å²) in [6.45, 7) is 1.14. The van der Waals surface area contributed by atoms with Crippen molar-refractivity contribution in [2.75, 3.05) is 18.0 Å². The van der Waals surface area contributed by atoms with E-state index in [0.717, 1.165) is 20.4 Å². The van der Waals surface area contributed by atoms with Crippen LogP contribution in [0, 0.1) is 12.7 Å². The Morgan fingerprint density at radius 3 is 2.52 bits per heavy atom. The zero-order chi connectivity index (χ0) is 24.0. The zero-order valence-electron chi connectivity index (χ0n) is 17.8. The molecule has 10 heteroatoms. The fourth-order valence-corrected chi connectivity index (χ4v) is 4.74. The normalized spacial score (nSPS) is 11.4. The van der Waals surface area contributed by atoms with Crippen molar-refractivity contribution >= 4 is 43.8 Å². The molecule has 7 nitrogen and oxygen atoms in total. The molecule has 0 spiro atoms. The van der Waals surface area contributed by atoms with E-state index in [-0.39, 0.29) is 10.6 Å². The highest BCUT2D eigenvalue weighted by Crippen LogP contribution is 2.26. The van der Waals surface area contributed by atoms with Gasteiger partial charge in [-0.15, -0.1) is 0 Å². The number of hydrogen-bond acceptors (Lipinski definition) is 5. The molecule has 0 saturated heterocycles. The molecule has 0 unspecified atom stereocenters. The number of sulfonamides is 1. The number of carbonyl (C=O) groups excluding carboxylic acids is 1. The summed E-state index contributed by atoms with van der Waals surface area (Å²) in [6, 6.07) is 16.7. The lowest BCUT2D eigenvalue weighted by atomic mass is 10.2. The third-order valence-electron chi connectivity index (χ3n) is 4.60. The molecular weight excluding hydrogens is 513 g/mol. The SMILES string of the molecule is COc1ccc(Br)cc1/C=N\NC(=O)CN(c1ccccc1F)S(=O)(=O)c1ccc(C)cc1. The summed E-state index contributed by atoms with van der Waals surface area (Å²) in [4.78, 5) is 12.5. The third-order valence-corrected chi connectivity index (χ3v) is 6.87. The van der Waals surface area contributed by atoms with E-state index in [9.17, 15) is 17.6 Å². The summed E-state index contributed by atoms with van der Waals surface area (Å²) in [5.74, 6) is -0.992. The molecule has 3 aromatic carbocycles. The molecule has 0 heterocycles. The highest BCUT2D eigenvalue weighted by Gasteiger charge is 2.29. The second kappa shape index (κ2) is 10.6. The summed E-state index contributed by atoms with van der Waals surface area (Å²) in [6.07, 6.45) is 1.36. The van der Waals surface area contributed by atoms with Gasteiger partial charge < -0.3 is 4.74 Å². The summed E-state index contributed by atoms with van der Waals surface area (Å²) in [5.41, 5.74) is 3.49. The Morgan fingerprint density at radius 1 is 1.15 bits per heavy atom. The second-order valence-corrected chi connectivity index (χ2v) is 9.73. The molecule has 3 aromatic rings. The number of nitrogens with one attached hydrogen (secondary N) is 1. The second-order valence-electron chi connectivity index (χ2n) is 6.96. The standard InChI is InChI=1S/C23H21BrFN3O4S/c1-16-7-10-19(11-8-16)33(30,31)28(21-6-4-3-5-20(21)25)15-23(29)27-26-14-17-13-18(24)9-12-22(17)32-2/h3-14H,15H2,1-2H3,(H,27,29)/b26-14-. The zero-order valence-corrected chi connectivity index (χ0v) is 20.2. The number of carbonyl (C=O) groups is 1. The van der Waals surface area contributed by atoms with Crippen molar-refractivity contribution < 1.29 is 22.3 Å². The number of methoxy groups -OCH3 is 1. The number of rotatable bonds is 8. The molecule has 0 bridgehead atoms. The molecule has 0 radical (unpaired) electrons. The van der Waals surface area contributed by atoms with Gasteiger partial charge >= 0.3 is 0 Å². The number of hydrogen-bond donors (Lipinski definition) is 1. The Bertz CT molecular complexity index is 1280. The summed E-state index contributed by atoms with van der Waals surface area (Å²) < 4.78 is 47.8. The van der Waals surface area contributed by atoms with Crippen LogP contribution in [0.2, 0.25) is 0 Å². The molecule has 1 amide bonds. The Balaban J connectivity index is 1.86. The van der Waals surface area contributed by atoms with Gasteiger partial charge in [0.1, 0.15) is 18.1 Å². The van der Waals surface area contributed by atoms with Crippen LogP contribution in [0.25, 0.3) is 0 Å². The number of aryl methyl sites for hydroxylation is 1. The number of hydrazone groups is 1. The van der Waals surface area contributed by atoms with Gasteiger partial charge in [0, 0.05) is 10.0 Å². The topological polar surface area (TPSA) is 88.1 Å². The summed E-state index contributed by atoms with van der Waals surface area (Å²) in [7, 11) is -2.73. The van der Waals surface area contributed by atoms with E-state index >= 15 is 0 Å². The largest absolute Gasteiger partial charge is 0.496 e. The van der Waals surface area contributed by atoms with E-state index in [2.05, 4.69) is 26.5 Å². The maximum Gasteiger partial charge on any atom is 0.264 e. The fourth-order valence-electron chi connectivity index (χ4n) is 2.94. The first-order chi connectivity index (χ1) is 15.7. The molecule has 0 aliphatic heterocycles. The quantitative estimate of drug-likeness (QED) is 0.346. The minimum Gasteiger partial charge on any atom is -0.496 e. The minimum absolute atomic E-state index is 0.0634. The van der Waals surface area contributed by atoms with E-state index in [4.69, 9.17) is 4.74 Å². The van der Waals surface area contributed by atoms with Crippen molar-refractivity contribution in [1.82, 2.24) is 5.43 Å². The average Bonchev–Trinajstić information content (AvgIpc) is 2.78. The first kappa shape index (κ1) is 24.4. The Labute approximate surface area is 200 Å². The van der Waals surface area contributed by atoms with Gasteiger partial charge in [0.25, 0.3) is 15.9 Å². The van der Waals surface area contributed by atoms with Crippen molar-refractivity contribution in [2.24, 2.45) is 5.10 Å². The molecule has 0 aliphatic rings. The molecule has 0 atom stereocenters. The number of halogens is 2. The number of amides is 1. The van der Waals surface area contributed by atoms with Crippen LogP contribution in [0.5, 0.6) is 5.75 Å². The van der Waals surface area contributed by atoms with E-state index in [1.807, 2.05) is 6.92 Å². The smallest absolute Gasteiger partial charge is 0.264 e. The van der Waals surface area contributed by atoms with Gasteiger partial charge in [-0.2, -0.15) is 5.10 Å². The first-order valence-corrected chi connectivity index (χ1v) is 11.9. The maximum absolute atomic E-state index is 14.5. The van der Waals surface area contributed by atoms with Crippen LogP contribution in [0.1, 0.15) is 11.1 Å². The van der Waals surface area contributed by atoms with Crippen molar-refractivity contribution in [3.63, 3.8) is 0 Å². The van der Waals surface area contributed by atoms with Gasteiger partial charge in [-0.25, -0.2) is 18.2 Å². The van der Waals surface area contributed by atoms with Gasteiger partial charge in [-0.3, -0.25) is 9.10 Å². The van der Waals surface area contributed by atoms with E-state index in [1.165, 1.54) is 43.7 Å². The summed E-state index contributed by atoms with van der Waals surface area (Å²) >= 11 is 3.35. The average molecular weight is 534 g/mol. The molecular formula is C23H21BrFN3O4S. The van der Waals surface area contributed by atoms with Crippen LogP contribution in [0.3, 0.4) is 0 Å². The van der Waals surface area contributed by atoms with Crippen molar-refractivity contribution in [2.45, 2.75) is 11.8 Å². The van der Waals surface area contributed by atoms with Gasteiger partial charge in [0.15, 0.2) is 0 Å². The summed E-state index contributed by atoms with van der Waals surface area (Å²) in [5, 5.41) is 3.89. The molecule has 0 fully saturated rings. The predicted molar refractivity (Wildman–Crippen MR) is 129 cm³/mol. The molecule has 3 rings (SSSR count). The van der Waals surface area contributed by atoms with Crippen LogP contribution in [-0.4, -0.2) is 34.2 Å². The molecule has 0 saturated carbocycles. The van der Waals surface area contributed by atoms with E-state index in [1.54, 1.807) is 30.3 Å². The number of anilines is 1. The highest BCUT2D eigenvalue weighted by molar-refractivity contribution is 9.10. The molecule has 0 aliphatic carbocycles. The van der Waals surface area contributed by atoms with E-state index in [0.29, 0.717) is 11.3 Å². The third kappa shape index (κ3) is 5.96. The number of nitrogens with zero attached hydrogens (tertiary/aromatic N) is 2. The Hall–Kier alpha value is -3.24. The Morgan fingerprint density at radius 2 is 1.85 bits per heavy atom. The van der Waals surface area contributed by atoms with Gasteiger partial charge in [-0.05, 0) is 49.4 Å². The van der Waals surface area contributed by atoms with Crippen molar-refractivity contribution in [3.8, 4) is 5.75 Å². The fraction of sp³-hybridized carbons (Fsp3) is 0.130. The van der Waals surface area contributed by atoms with Crippen LogP contribution in [0.15, 0.2) is 81.2 Å². The highest BCUT2D eigenvalue weighted by atomic mass is 79.9. The van der Waals surface area contributed by atoms with Crippen molar-refractivity contribution in [1.29, 1.82) is 0 Å². The van der Waals surface area contributed by atoms with Gasteiger partial charge in [0.05, 0.1) is 23.9 Å². The number of para-hydroxylation sites is 1. The maximum atomic E-state index is 14.5. The predicted octanol–water partition coefficient (Wildman–Crippen LogP) is 4.25. The molecule has 1 N–H and O–H groups in total. The lowest BCUT2D eigenvalue weighted by Crippen LogP contribution is -2.40. The lowest BCUT2D eigenvalue weighted by molar-refractivity contribution is -0.119. The molecule has 0 aromatic heterocycles. The van der Waals surface area contributed by atoms with Crippen LogP contribution in [0.4, 0.5) is 10.1 Å².